The Morgan fingerprint density at radius 3 is 2.95 bits per heavy atom. The molecule has 3 rings (SSSR count). The van der Waals surface area contributed by atoms with Gasteiger partial charge in [-0.15, -0.1) is 11.3 Å². The van der Waals surface area contributed by atoms with E-state index in [1.54, 1.807) is 10.9 Å². The number of halogens is 1. The summed E-state index contributed by atoms with van der Waals surface area (Å²) in [4.78, 5) is 2.92. The smallest absolute Gasteiger partial charge is 0.123 e. The minimum Gasteiger partial charge on any atom is -0.312 e. The Labute approximate surface area is 134 Å². The number of fused-ring (bicyclic) bond motifs is 1. The van der Waals surface area contributed by atoms with E-state index in [1.807, 2.05) is 36.2 Å². The van der Waals surface area contributed by atoms with Gasteiger partial charge in [0.1, 0.15) is 5.82 Å². The molecule has 1 aromatic carbocycles. The van der Waals surface area contributed by atoms with Crippen LogP contribution in [0.3, 0.4) is 0 Å². The molecule has 1 atom stereocenters. The van der Waals surface area contributed by atoms with Crippen LogP contribution in [0, 0.1) is 12.7 Å². The third-order valence-electron chi connectivity index (χ3n) is 4.07. The van der Waals surface area contributed by atoms with Gasteiger partial charge in [0.25, 0.3) is 0 Å². The first-order chi connectivity index (χ1) is 10.2. The Kier molecular flexibility index (Phi) is 4.67. The van der Waals surface area contributed by atoms with Crippen LogP contribution in [0.2, 0.25) is 0 Å². The van der Waals surface area contributed by atoms with Gasteiger partial charge in [0.2, 0.25) is 0 Å². The van der Waals surface area contributed by atoms with Crippen LogP contribution in [-0.4, -0.2) is 12.8 Å². The average molecular weight is 321 g/mol. The number of likely N-dealkylation sites (N-methyl/N-ethyl adjacent to an activating group) is 1. The summed E-state index contributed by atoms with van der Waals surface area (Å²) in [6.07, 6.45) is 2.03. The van der Waals surface area contributed by atoms with E-state index in [-0.39, 0.29) is 11.9 Å². The maximum Gasteiger partial charge on any atom is 0.123 e. The molecule has 112 valence electrons. The number of rotatable bonds is 4. The number of nitrogens with one attached hydrogen (secondary N) is 1. The van der Waals surface area contributed by atoms with Crippen molar-refractivity contribution < 1.29 is 4.39 Å². The molecule has 1 N–H and O–H groups in total. The van der Waals surface area contributed by atoms with Crippen molar-refractivity contribution in [1.82, 2.24) is 5.32 Å². The van der Waals surface area contributed by atoms with Crippen LogP contribution in [0.15, 0.2) is 24.3 Å². The van der Waals surface area contributed by atoms with Crippen LogP contribution in [-0.2, 0) is 18.6 Å². The normalized spacial score (nSPS) is 15.8. The fourth-order valence-electron chi connectivity index (χ4n) is 2.77. The molecule has 0 radical (unpaired) electrons. The highest BCUT2D eigenvalue weighted by molar-refractivity contribution is 7.98. The second kappa shape index (κ2) is 6.51. The zero-order valence-corrected chi connectivity index (χ0v) is 14.0. The number of thiophene rings is 1. The average Bonchev–Trinajstić information content (AvgIpc) is 2.91. The van der Waals surface area contributed by atoms with Crippen molar-refractivity contribution >= 4 is 23.1 Å². The molecule has 0 spiro atoms. The molecule has 0 saturated heterocycles. The first-order valence-corrected chi connectivity index (χ1v) is 9.26. The van der Waals surface area contributed by atoms with Crippen LogP contribution in [0.4, 0.5) is 4.39 Å². The lowest BCUT2D eigenvalue weighted by atomic mass is 9.99. The predicted octanol–water partition coefficient (Wildman–Crippen LogP) is 4.49. The predicted molar refractivity (Wildman–Crippen MR) is 90.8 cm³/mol. The number of hydrogen-bond acceptors (Lipinski definition) is 3. The van der Waals surface area contributed by atoms with Crippen molar-refractivity contribution in [2.45, 2.75) is 31.6 Å². The molecule has 0 saturated carbocycles. The second-order valence-corrected chi connectivity index (χ2v) is 7.79. The van der Waals surface area contributed by atoms with E-state index in [0.29, 0.717) is 0 Å². The summed E-state index contributed by atoms with van der Waals surface area (Å²) in [5.74, 6) is 2.23. The molecule has 0 bridgehead atoms. The molecule has 2 heterocycles. The molecule has 1 unspecified atom stereocenters. The molecule has 1 aromatic heterocycles. The van der Waals surface area contributed by atoms with Crippen molar-refractivity contribution in [3.8, 4) is 0 Å². The molecular weight excluding hydrogens is 301 g/mol. The van der Waals surface area contributed by atoms with E-state index < -0.39 is 0 Å². The quantitative estimate of drug-likeness (QED) is 0.890. The molecular formula is C17H20FNS2. The summed E-state index contributed by atoms with van der Waals surface area (Å²) in [5.41, 5.74) is 3.76. The monoisotopic (exact) mass is 321 g/mol. The van der Waals surface area contributed by atoms with Gasteiger partial charge in [0, 0.05) is 21.5 Å². The van der Waals surface area contributed by atoms with Crippen molar-refractivity contribution in [2.75, 3.05) is 12.8 Å². The van der Waals surface area contributed by atoms with Gasteiger partial charge < -0.3 is 5.32 Å². The van der Waals surface area contributed by atoms with Gasteiger partial charge in [-0.25, -0.2) is 4.39 Å². The van der Waals surface area contributed by atoms with Crippen molar-refractivity contribution in [3.63, 3.8) is 0 Å². The molecule has 1 aliphatic heterocycles. The third kappa shape index (κ3) is 3.33. The highest BCUT2D eigenvalue weighted by atomic mass is 32.2. The van der Waals surface area contributed by atoms with E-state index in [4.69, 9.17) is 0 Å². The zero-order valence-electron chi connectivity index (χ0n) is 12.4. The van der Waals surface area contributed by atoms with Crippen molar-refractivity contribution in [3.05, 3.63) is 56.5 Å². The Hall–Kier alpha value is -0.840. The first kappa shape index (κ1) is 15.1. The van der Waals surface area contributed by atoms with E-state index >= 15 is 0 Å². The van der Waals surface area contributed by atoms with E-state index in [1.165, 1.54) is 28.7 Å². The van der Waals surface area contributed by atoms with Crippen molar-refractivity contribution in [1.29, 1.82) is 0 Å². The minimum absolute atomic E-state index is 0.146. The zero-order chi connectivity index (χ0) is 14.8. The van der Waals surface area contributed by atoms with Gasteiger partial charge in [-0.05, 0) is 67.5 Å². The van der Waals surface area contributed by atoms with Gasteiger partial charge in [-0.1, -0.05) is 6.07 Å². The summed E-state index contributed by atoms with van der Waals surface area (Å²) >= 11 is 3.94. The Morgan fingerprint density at radius 2 is 2.19 bits per heavy atom. The molecule has 2 aromatic rings. The highest BCUT2D eigenvalue weighted by Crippen LogP contribution is 2.35. The summed E-state index contributed by atoms with van der Waals surface area (Å²) in [6, 6.07) is 7.69. The molecule has 1 aliphatic rings. The van der Waals surface area contributed by atoms with E-state index in [2.05, 4.69) is 18.3 Å². The molecule has 1 nitrogen and oxygen atoms in total. The van der Waals surface area contributed by atoms with Gasteiger partial charge >= 0.3 is 0 Å². The fraction of sp³-hybridized carbons (Fsp3) is 0.412. The lowest BCUT2D eigenvalue weighted by Gasteiger charge is -2.16. The Morgan fingerprint density at radius 1 is 1.33 bits per heavy atom. The summed E-state index contributed by atoms with van der Waals surface area (Å²) < 4.78 is 13.5. The van der Waals surface area contributed by atoms with Crippen LogP contribution in [0.1, 0.15) is 32.5 Å². The molecule has 0 amide bonds. The molecule has 0 fully saturated rings. The summed E-state index contributed by atoms with van der Waals surface area (Å²) in [5, 5.41) is 3.40. The maximum absolute atomic E-state index is 13.5. The second-order valence-electron chi connectivity index (χ2n) is 5.52. The number of hydrogen-bond donors (Lipinski definition) is 1. The molecule has 21 heavy (non-hydrogen) atoms. The minimum atomic E-state index is -0.146. The number of aryl methyl sites for hydroxylation is 2. The topological polar surface area (TPSA) is 12.0 Å². The standard InChI is InChI=1S/C17H20FNS2/c1-11-3-4-14(18)7-12(11)8-15(19-2)17-9-13-10-20-6-5-16(13)21-17/h3-4,7,9,15,19H,5-6,8,10H2,1-2H3. The number of thioether (sulfide) groups is 1. The van der Waals surface area contributed by atoms with Gasteiger partial charge in [-0.3, -0.25) is 0 Å². The SMILES string of the molecule is CNC(Cc1cc(F)ccc1C)c1cc2c(s1)CCSC2. The fourth-order valence-corrected chi connectivity index (χ4v) is 5.25. The van der Waals surface area contributed by atoms with Gasteiger partial charge in [-0.2, -0.15) is 11.8 Å². The molecule has 0 aliphatic carbocycles. The summed E-state index contributed by atoms with van der Waals surface area (Å²) in [6.45, 7) is 2.05. The van der Waals surface area contributed by atoms with Crippen LogP contribution < -0.4 is 5.32 Å². The Bertz CT molecular complexity index is 612. The summed E-state index contributed by atoms with van der Waals surface area (Å²) in [7, 11) is 1.99. The van der Waals surface area contributed by atoms with Crippen LogP contribution in [0.25, 0.3) is 0 Å². The van der Waals surface area contributed by atoms with E-state index in [9.17, 15) is 4.39 Å². The third-order valence-corrected chi connectivity index (χ3v) is 6.43. The van der Waals surface area contributed by atoms with Crippen molar-refractivity contribution in [2.24, 2.45) is 0 Å². The maximum atomic E-state index is 13.5. The van der Waals surface area contributed by atoms with Crippen LogP contribution >= 0.6 is 23.1 Å². The number of benzene rings is 1. The highest BCUT2D eigenvalue weighted by Gasteiger charge is 2.19. The van der Waals surface area contributed by atoms with Gasteiger partial charge in [0.15, 0.2) is 0 Å². The molecule has 4 heteroatoms. The van der Waals surface area contributed by atoms with Gasteiger partial charge in [0.05, 0.1) is 0 Å². The largest absolute Gasteiger partial charge is 0.312 e. The van der Waals surface area contributed by atoms with E-state index in [0.717, 1.165) is 23.3 Å². The first-order valence-electron chi connectivity index (χ1n) is 7.29. The Balaban J connectivity index is 1.84. The lowest BCUT2D eigenvalue weighted by molar-refractivity contribution is 0.590. The lowest BCUT2D eigenvalue weighted by Crippen LogP contribution is -2.18. The van der Waals surface area contributed by atoms with Crippen LogP contribution in [0.5, 0.6) is 0 Å².